The zero-order valence-corrected chi connectivity index (χ0v) is 22.5. The molecule has 0 aromatic heterocycles. The molecule has 0 atom stereocenters. The van der Waals surface area contributed by atoms with Crippen molar-refractivity contribution in [3.8, 4) is 11.5 Å². The lowest BCUT2D eigenvalue weighted by Gasteiger charge is -2.11. The van der Waals surface area contributed by atoms with Gasteiger partial charge in [-0.1, -0.05) is 39.1 Å². The molecule has 1 N–H and O–H groups in total. The van der Waals surface area contributed by atoms with Crippen LogP contribution in [-0.2, 0) is 0 Å². The van der Waals surface area contributed by atoms with Crippen molar-refractivity contribution in [2.75, 3.05) is 0 Å². The summed E-state index contributed by atoms with van der Waals surface area (Å²) in [5.41, 5.74) is 3.71. The number of esters is 2. The highest BCUT2D eigenvalue weighted by molar-refractivity contribution is 9.10. The van der Waals surface area contributed by atoms with Crippen LogP contribution >= 0.6 is 39.1 Å². The zero-order valence-electron chi connectivity index (χ0n) is 19.4. The topological polar surface area (TPSA) is 94.1 Å². The fraction of sp³-hybridized carbons (Fsp3) is 0. The number of hydrazone groups is 1. The number of amides is 1. The molecule has 0 bridgehead atoms. The normalized spacial score (nSPS) is 10.7. The van der Waals surface area contributed by atoms with E-state index in [-0.39, 0.29) is 22.6 Å². The third kappa shape index (κ3) is 7.29. The lowest BCUT2D eigenvalue weighted by atomic mass is 10.2. The van der Waals surface area contributed by atoms with E-state index in [1.54, 1.807) is 48.5 Å². The summed E-state index contributed by atoms with van der Waals surface area (Å²) in [5.74, 6) is -1.55. The maximum atomic E-state index is 12.8. The fourth-order valence-electron chi connectivity index (χ4n) is 3.10. The van der Waals surface area contributed by atoms with E-state index in [1.807, 2.05) is 0 Å². The number of benzene rings is 4. The standard InChI is InChI=1S/C28H17BrCl2N2O5/c29-21-8-1-17(2-9-21)26(34)33-32-16-20-7-14-24(37-27(35)18-3-10-22(30)11-4-18)15-25(20)38-28(36)19-5-12-23(31)13-6-19/h1-16H,(H,33,34)/b32-16+. The van der Waals surface area contributed by atoms with E-state index >= 15 is 0 Å². The highest BCUT2D eigenvalue weighted by atomic mass is 79.9. The molecule has 0 saturated heterocycles. The number of nitrogens with one attached hydrogen (secondary N) is 1. The number of carbonyl (C=O) groups excluding carboxylic acids is 3. The van der Waals surface area contributed by atoms with Gasteiger partial charge in [0, 0.05) is 31.7 Å². The molecule has 0 radical (unpaired) electrons. The predicted octanol–water partition coefficient (Wildman–Crippen LogP) is 6.96. The number of ether oxygens (including phenoxy) is 2. The Hall–Kier alpha value is -3.98. The molecule has 0 aliphatic heterocycles. The van der Waals surface area contributed by atoms with Crippen LogP contribution in [0.15, 0.2) is 101 Å². The van der Waals surface area contributed by atoms with Crippen LogP contribution in [0.5, 0.6) is 11.5 Å². The summed E-state index contributed by atoms with van der Waals surface area (Å²) in [6, 6.07) is 23.5. The molecule has 38 heavy (non-hydrogen) atoms. The molecule has 0 saturated carbocycles. The number of hydrogen-bond donors (Lipinski definition) is 1. The average Bonchev–Trinajstić information content (AvgIpc) is 2.91. The number of nitrogens with zero attached hydrogens (tertiary/aromatic N) is 1. The second kappa shape index (κ2) is 12.5. The van der Waals surface area contributed by atoms with Gasteiger partial charge >= 0.3 is 11.9 Å². The third-order valence-electron chi connectivity index (χ3n) is 5.03. The first-order chi connectivity index (χ1) is 18.3. The molecule has 1 amide bonds. The molecule has 190 valence electrons. The van der Waals surface area contributed by atoms with Gasteiger partial charge < -0.3 is 9.47 Å². The minimum Gasteiger partial charge on any atom is -0.423 e. The lowest BCUT2D eigenvalue weighted by Crippen LogP contribution is -2.17. The van der Waals surface area contributed by atoms with E-state index in [4.69, 9.17) is 32.7 Å². The Balaban J connectivity index is 1.56. The van der Waals surface area contributed by atoms with Gasteiger partial charge in [-0.3, -0.25) is 4.79 Å². The van der Waals surface area contributed by atoms with Crippen molar-refractivity contribution in [2.24, 2.45) is 5.10 Å². The summed E-state index contributed by atoms with van der Waals surface area (Å²) < 4.78 is 11.8. The molecule has 4 rings (SSSR count). The molecule has 4 aromatic carbocycles. The first-order valence-corrected chi connectivity index (χ1v) is 12.5. The molecule has 0 spiro atoms. The van der Waals surface area contributed by atoms with E-state index in [0.29, 0.717) is 21.2 Å². The smallest absolute Gasteiger partial charge is 0.343 e. The zero-order chi connectivity index (χ0) is 27.1. The van der Waals surface area contributed by atoms with Crippen LogP contribution in [0.3, 0.4) is 0 Å². The highest BCUT2D eigenvalue weighted by Gasteiger charge is 2.15. The molecular formula is C28H17BrCl2N2O5. The van der Waals surface area contributed by atoms with Crippen molar-refractivity contribution in [1.29, 1.82) is 0 Å². The van der Waals surface area contributed by atoms with Crippen molar-refractivity contribution >= 4 is 63.2 Å². The Labute approximate surface area is 236 Å². The maximum absolute atomic E-state index is 12.8. The maximum Gasteiger partial charge on any atom is 0.343 e. The number of rotatable bonds is 7. The van der Waals surface area contributed by atoms with Gasteiger partial charge in [-0.05, 0) is 84.9 Å². The summed E-state index contributed by atoms with van der Waals surface area (Å²) in [4.78, 5) is 37.6. The Morgan fingerprint density at radius 1 is 0.711 bits per heavy atom. The molecule has 0 aliphatic rings. The second-order valence-corrected chi connectivity index (χ2v) is 9.49. The van der Waals surface area contributed by atoms with Crippen molar-refractivity contribution in [1.82, 2.24) is 5.43 Å². The SMILES string of the molecule is O=C(N/N=C/c1ccc(OC(=O)c2ccc(Cl)cc2)cc1OC(=O)c1ccc(Cl)cc1)c1ccc(Br)cc1. The first kappa shape index (κ1) is 27.1. The van der Waals surface area contributed by atoms with Crippen LogP contribution < -0.4 is 14.9 Å². The van der Waals surface area contributed by atoms with Crippen molar-refractivity contribution in [3.63, 3.8) is 0 Å². The summed E-state index contributed by atoms with van der Waals surface area (Å²) in [7, 11) is 0. The van der Waals surface area contributed by atoms with Crippen molar-refractivity contribution in [3.05, 3.63) is 128 Å². The third-order valence-corrected chi connectivity index (χ3v) is 6.07. The summed E-state index contributed by atoms with van der Waals surface area (Å²) in [6.07, 6.45) is 1.31. The van der Waals surface area contributed by atoms with Gasteiger partial charge in [-0.25, -0.2) is 15.0 Å². The predicted molar refractivity (Wildman–Crippen MR) is 148 cm³/mol. The Kier molecular flexibility index (Phi) is 8.91. The Morgan fingerprint density at radius 3 is 1.82 bits per heavy atom. The molecule has 7 nitrogen and oxygen atoms in total. The van der Waals surface area contributed by atoms with Gasteiger partial charge in [0.1, 0.15) is 11.5 Å². The quantitative estimate of drug-likeness (QED) is 0.106. The van der Waals surface area contributed by atoms with Crippen LogP contribution in [0.2, 0.25) is 10.0 Å². The summed E-state index contributed by atoms with van der Waals surface area (Å²) >= 11 is 15.1. The van der Waals surface area contributed by atoms with Crippen LogP contribution in [0.25, 0.3) is 0 Å². The fourth-order valence-corrected chi connectivity index (χ4v) is 3.61. The van der Waals surface area contributed by atoms with Crippen LogP contribution in [0.4, 0.5) is 0 Å². The number of carbonyl (C=O) groups is 3. The first-order valence-electron chi connectivity index (χ1n) is 11.0. The van der Waals surface area contributed by atoms with E-state index in [2.05, 4.69) is 26.5 Å². The molecule has 0 fully saturated rings. The van der Waals surface area contributed by atoms with Gasteiger partial charge in [-0.15, -0.1) is 0 Å². The summed E-state index contributed by atoms with van der Waals surface area (Å²) in [6.45, 7) is 0. The van der Waals surface area contributed by atoms with Crippen LogP contribution in [-0.4, -0.2) is 24.1 Å². The van der Waals surface area contributed by atoms with Crippen LogP contribution in [0, 0.1) is 0 Å². The van der Waals surface area contributed by atoms with Crippen molar-refractivity contribution in [2.45, 2.75) is 0 Å². The van der Waals surface area contributed by atoms with Gasteiger partial charge in [0.15, 0.2) is 0 Å². The van der Waals surface area contributed by atoms with Gasteiger partial charge in [0.2, 0.25) is 0 Å². The minimum absolute atomic E-state index is 0.0491. The van der Waals surface area contributed by atoms with E-state index in [9.17, 15) is 14.4 Å². The average molecular weight is 612 g/mol. The van der Waals surface area contributed by atoms with Crippen LogP contribution in [0.1, 0.15) is 36.6 Å². The molecule has 10 heteroatoms. The van der Waals surface area contributed by atoms with Gasteiger partial charge in [0.05, 0.1) is 17.3 Å². The van der Waals surface area contributed by atoms with Crippen molar-refractivity contribution < 1.29 is 23.9 Å². The van der Waals surface area contributed by atoms with E-state index in [0.717, 1.165) is 4.47 Å². The van der Waals surface area contributed by atoms with E-state index in [1.165, 1.54) is 48.7 Å². The Bertz CT molecular complexity index is 1510. The van der Waals surface area contributed by atoms with Gasteiger partial charge in [-0.2, -0.15) is 5.10 Å². The van der Waals surface area contributed by atoms with Gasteiger partial charge in [0.25, 0.3) is 5.91 Å². The molecule has 0 heterocycles. The molecule has 0 aliphatic carbocycles. The number of hydrogen-bond acceptors (Lipinski definition) is 6. The molecule has 4 aromatic rings. The molecule has 0 unspecified atom stereocenters. The Morgan fingerprint density at radius 2 is 1.24 bits per heavy atom. The second-order valence-electron chi connectivity index (χ2n) is 7.70. The lowest BCUT2D eigenvalue weighted by molar-refractivity contribution is 0.0732. The van der Waals surface area contributed by atoms with E-state index < -0.39 is 17.8 Å². The highest BCUT2D eigenvalue weighted by Crippen LogP contribution is 2.26. The minimum atomic E-state index is -0.670. The monoisotopic (exact) mass is 610 g/mol. The number of halogens is 3. The summed E-state index contributed by atoms with van der Waals surface area (Å²) in [5, 5.41) is 4.92. The largest absolute Gasteiger partial charge is 0.423 e. The molecular weight excluding hydrogens is 595 g/mol.